The highest BCUT2D eigenvalue weighted by molar-refractivity contribution is 5.81. The van der Waals surface area contributed by atoms with Crippen molar-refractivity contribution in [1.82, 2.24) is 0 Å². The fourth-order valence-corrected chi connectivity index (χ4v) is 0.431. The molecule has 4 heteroatoms. The smallest absolute Gasteiger partial charge is 0.330 e. The van der Waals surface area contributed by atoms with E-state index >= 15 is 0 Å². The first-order chi connectivity index (χ1) is 5.20. The van der Waals surface area contributed by atoms with Crippen molar-refractivity contribution in [2.45, 2.75) is 13.0 Å². The molecule has 1 atom stereocenters. The van der Waals surface area contributed by atoms with Crippen LogP contribution in [-0.2, 0) is 9.53 Å². The van der Waals surface area contributed by atoms with Crippen molar-refractivity contribution in [2.24, 2.45) is 5.73 Å². The number of aliphatic hydroxyl groups is 1. The summed E-state index contributed by atoms with van der Waals surface area (Å²) >= 11 is 0. The van der Waals surface area contributed by atoms with E-state index in [4.69, 9.17) is 10.8 Å². The summed E-state index contributed by atoms with van der Waals surface area (Å²) in [4.78, 5) is 10.6. The fourth-order valence-electron chi connectivity index (χ4n) is 0.431. The van der Waals surface area contributed by atoms with Gasteiger partial charge in [0.25, 0.3) is 0 Å². The Labute approximate surface area is 65.6 Å². The van der Waals surface area contributed by atoms with E-state index in [1.54, 1.807) is 13.0 Å². The van der Waals surface area contributed by atoms with Gasteiger partial charge in [-0.2, -0.15) is 0 Å². The maximum Gasteiger partial charge on any atom is 0.330 e. The lowest BCUT2D eigenvalue weighted by Crippen LogP contribution is -2.26. The van der Waals surface area contributed by atoms with Gasteiger partial charge in [0.2, 0.25) is 0 Å². The first-order valence-electron chi connectivity index (χ1n) is 3.38. The molecule has 0 amide bonds. The predicted molar refractivity (Wildman–Crippen MR) is 40.8 cm³/mol. The third-order valence-electron chi connectivity index (χ3n) is 0.993. The summed E-state index contributed by atoms with van der Waals surface area (Å²) in [5, 5.41) is 8.85. The average molecular weight is 159 g/mol. The highest BCUT2D eigenvalue weighted by Gasteiger charge is 2.02. The molecule has 0 aliphatic carbocycles. The van der Waals surface area contributed by atoms with Crippen LogP contribution in [0.1, 0.15) is 6.92 Å². The zero-order chi connectivity index (χ0) is 8.69. The van der Waals surface area contributed by atoms with Gasteiger partial charge in [0.1, 0.15) is 12.7 Å². The summed E-state index contributed by atoms with van der Waals surface area (Å²) in [6.07, 6.45) is 2.09. The Hall–Kier alpha value is -0.870. The normalized spacial score (nSPS) is 13.4. The van der Waals surface area contributed by atoms with Gasteiger partial charge >= 0.3 is 5.97 Å². The molecule has 0 aromatic heterocycles. The Balaban J connectivity index is 3.45. The van der Waals surface area contributed by atoms with E-state index in [0.717, 1.165) is 0 Å². The van der Waals surface area contributed by atoms with Crippen LogP contribution in [0.25, 0.3) is 0 Å². The van der Waals surface area contributed by atoms with Crippen LogP contribution in [-0.4, -0.2) is 30.3 Å². The van der Waals surface area contributed by atoms with Crippen LogP contribution in [0.15, 0.2) is 12.2 Å². The maximum atomic E-state index is 10.6. The minimum Gasteiger partial charge on any atom is -0.460 e. The Morgan fingerprint density at radius 1 is 1.82 bits per heavy atom. The molecule has 1 unspecified atom stereocenters. The SMILES string of the molecule is CC=CC(=O)OCC(O)CN. The predicted octanol–water partition coefficient (Wildman–Crippen LogP) is -0.575. The summed E-state index contributed by atoms with van der Waals surface area (Å²) < 4.78 is 4.58. The molecule has 11 heavy (non-hydrogen) atoms. The van der Waals surface area contributed by atoms with Gasteiger partial charge in [-0.05, 0) is 6.92 Å². The zero-order valence-corrected chi connectivity index (χ0v) is 6.49. The number of aliphatic hydroxyl groups excluding tert-OH is 1. The van der Waals surface area contributed by atoms with E-state index in [9.17, 15) is 4.79 Å². The topological polar surface area (TPSA) is 72.5 Å². The Bertz CT molecular complexity index is 145. The van der Waals surface area contributed by atoms with E-state index in [-0.39, 0.29) is 13.2 Å². The third kappa shape index (κ3) is 5.57. The second-order valence-corrected chi connectivity index (χ2v) is 2.02. The molecule has 0 aromatic rings. The molecule has 0 radical (unpaired) electrons. The van der Waals surface area contributed by atoms with Crippen LogP contribution in [0.3, 0.4) is 0 Å². The van der Waals surface area contributed by atoms with Crippen LogP contribution in [0.2, 0.25) is 0 Å². The fraction of sp³-hybridized carbons (Fsp3) is 0.571. The van der Waals surface area contributed by atoms with Gasteiger partial charge in [-0.1, -0.05) is 6.08 Å². The van der Waals surface area contributed by atoms with E-state index in [1.807, 2.05) is 0 Å². The van der Waals surface area contributed by atoms with Gasteiger partial charge in [0, 0.05) is 12.6 Å². The summed E-state index contributed by atoms with van der Waals surface area (Å²) in [5.74, 6) is -0.458. The van der Waals surface area contributed by atoms with Gasteiger partial charge in [-0.3, -0.25) is 0 Å². The van der Waals surface area contributed by atoms with E-state index in [1.165, 1.54) is 6.08 Å². The lowest BCUT2D eigenvalue weighted by atomic mass is 10.4. The number of carbonyl (C=O) groups is 1. The number of rotatable bonds is 4. The number of carbonyl (C=O) groups excluding carboxylic acids is 1. The number of esters is 1. The molecule has 3 N–H and O–H groups in total. The second-order valence-electron chi connectivity index (χ2n) is 2.02. The minimum absolute atomic E-state index is 0.0420. The van der Waals surface area contributed by atoms with Crippen molar-refractivity contribution in [3.63, 3.8) is 0 Å². The lowest BCUT2D eigenvalue weighted by Gasteiger charge is -2.06. The molecule has 0 rings (SSSR count). The Morgan fingerprint density at radius 2 is 2.45 bits per heavy atom. The minimum atomic E-state index is -0.760. The van der Waals surface area contributed by atoms with Gasteiger partial charge in [-0.15, -0.1) is 0 Å². The van der Waals surface area contributed by atoms with E-state index in [0.29, 0.717) is 0 Å². The van der Waals surface area contributed by atoms with Gasteiger partial charge < -0.3 is 15.6 Å². The van der Waals surface area contributed by atoms with E-state index < -0.39 is 12.1 Å². The maximum absolute atomic E-state index is 10.6. The standard InChI is InChI=1S/C7H13NO3/c1-2-3-7(10)11-5-6(9)4-8/h2-3,6,9H,4-5,8H2,1H3. The molecule has 0 saturated heterocycles. The largest absolute Gasteiger partial charge is 0.460 e. The molecule has 0 aliphatic rings. The lowest BCUT2D eigenvalue weighted by molar-refractivity contribution is -0.140. The molecule has 0 spiro atoms. The molecule has 4 nitrogen and oxygen atoms in total. The highest BCUT2D eigenvalue weighted by atomic mass is 16.5. The summed E-state index contributed by atoms with van der Waals surface area (Å²) in [6.45, 7) is 1.77. The summed E-state index contributed by atoms with van der Waals surface area (Å²) in [5.41, 5.74) is 5.07. The molecular weight excluding hydrogens is 146 g/mol. The molecule has 0 saturated carbocycles. The average Bonchev–Trinajstić information content (AvgIpc) is 2.01. The summed E-state index contributed by atoms with van der Waals surface area (Å²) in [6, 6.07) is 0. The molecule has 0 heterocycles. The van der Waals surface area contributed by atoms with Crippen molar-refractivity contribution in [3.8, 4) is 0 Å². The van der Waals surface area contributed by atoms with Crippen LogP contribution in [0.5, 0.6) is 0 Å². The zero-order valence-electron chi connectivity index (χ0n) is 6.49. The number of hydrogen-bond donors (Lipinski definition) is 2. The number of nitrogens with two attached hydrogens (primary N) is 1. The monoisotopic (exact) mass is 159 g/mol. The molecule has 0 aliphatic heterocycles. The van der Waals surface area contributed by atoms with Gasteiger partial charge in [0.15, 0.2) is 0 Å². The van der Waals surface area contributed by atoms with Crippen molar-refractivity contribution in [3.05, 3.63) is 12.2 Å². The van der Waals surface area contributed by atoms with Crippen LogP contribution in [0, 0.1) is 0 Å². The number of ether oxygens (including phenoxy) is 1. The summed E-state index contributed by atoms with van der Waals surface area (Å²) in [7, 11) is 0. The molecule has 0 aromatic carbocycles. The quantitative estimate of drug-likeness (QED) is 0.425. The van der Waals surface area contributed by atoms with Crippen LogP contribution >= 0.6 is 0 Å². The van der Waals surface area contributed by atoms with Crippen LogP contribution < -0.4 is 5.73 Å². The first-order valence-corrected chi connectivity index (χ1v) is 3.38. The number of hydrogen-bond acceptors (Lipinski definition) is 4. The molecule has 0 fully saturated rings. The second kappa shape index (κ2) is 5.88. The van der Waals surface area contributed by atoms with Crippen molar-refractivity contribution >= 4 is 5.97 Å². The molecule has 64 valence electrons. The van der Waals surface area contributed by atoms with Crippen molar-refractivity contribution in [1.29, 1.82) is 0 Å². The van der Waals surface area contributed by atoms with Crippen molar-refractivity contribution < 1.29 is 14.6 Å². The number of allylic oxidation sites excluding steroid dienone is 1. The van der Waals surface area contributed by atoms with Gasteiger partial charge in [0.05, 0.1) is 0 Å². The molecule has 0 bridgehead atoms. The van der Waals surface area contributed by atoms with Gasteiger partial charge in [-0.25, -0.2) is 4.79 Å². The highest BCUT2D eigenvalue weighted by Crippen LogP contribution is 1.85. The Kier molecular flexibility index (Phi) is 5.42. The Morgan fingerprint density at radius 3 is 2.91 bits per heavy atom. The van der Waals surface area contributed by atoms with E-state index in [2.05, 4.69) is 4.74 Å². The first kappa shape index (κ1) is 10.1. The third-order valence-corrected chi connectivity index (χ3v) is 0.993. The van der Waals surface area contributed by atoms with Crippen LogP contribution in [0.4, 0.5) is 0 Å². The van der Waals surface area contributed by atoms with Crippen molar-refractivity contribution in [2.75, 3.05) is 13.2 Å². The molecular formula is C7H13NO3.